The first-order valence-electron chi connectivity index (χ1n) is 4.92. The van der Waals surface area contributed by atoms with E-state index in [1.165, 1.54) is 11.3 Å². The van der Waals surface area contributed by atoms with E-state index in [9.17, 15) is 4.79 Å². The van der Waals surface area contributed by atoms with Crippen LogP contribution >= 0.6 is 11.3 Å². The van der Waals surface area contributed by atoms with Crippen LogP contribution in [0.2, 0.25) is 0 Å². The Kier molecular flexibility index (Phi) is 3.56. The Morgan fingerprint density at radius 3 is 3.12 bits per heavy atom. The number of rotatable bonds is 4. The average Bonchev–Trinajstić information content (AvgIpc) is 2.86. The summed E-state index contributed by atoms with van der Waals surface area (Å²) in [7, 11) is 0. The van der Waals surface area contributed by atoms with Gasteiger partial charge in [-0.2, -0.15) is 0 Å². The van der Waals surface area contributed by atoms with Gasteiger partial charge in [-0.15, -0.1) is 17.9 Å². The first kappa shape index (κ1) is 11.4. The van der Waals surface area contributed by atoms with Crippen LogP contribution in [0.4, 0.5) is 0 Å². The normalized spacial score (nSPS) is 9.88. The number of carbonyl (C=O) groups excluding carboxylic acids is 1. The van der Waals surface area contributed by atoms with Crippen LogP contribution < -0.4 is 5.32 Å². The summed E-state index contributed by atoms with van der Waals surface area (Å²) < 4.78 is 0. The number of nitrogens with one attached hydrogen (secondary N) is 1. The molecule has 1 N–H and O–H groups in total. The number of hydrogen-bond donors (Lipinski definition) is 1. The second-order valence-corrected chi connectivity index (χ2v) is 3.99. The number of amides is 1. The maximum absolute atomic E-state index is 11.6. The fraction of sp³-hybridized carbons (Fsp3) is 0.0909. The van der Waals surface area contributed by atoms with Gasteiger partial charge in [-0.3, -0.25) is 14.8 Å². The number of aromatic nitrogens is 3. The Balaban J connectivity index is 2.16. The number of nitrogens with zero attached hydrogens (tertiary/aromatic N) is 3. The minimum absolute atomic E-state index is 0.212. The van der Waals surface area contributed by atoms with E-state index in [1.807, 2.05) is 0 Å². The van der Waals surface area contributed by atoms with E-state index in [1.54, 1.807) is 30.0 Å². The van der Waals surface area contributed by atoms with Crippen LogP contribution in [0.1, 0.15) is 10.5 Å². The molecule has 0 unspecified atom stereocenters. The molecule has 2 rings (SSSR count). The molecule has 0 aromatic carbocycles. The summed E-state index contributed by atoms with van der Waals surface area (Å²) in [5.74, 6) is -0.212. The van der Waals surface area contributed by atoms with Gasteiger partial charge in [0.15, 0.2) is 0 Å². The van der Waals surface area contributed by atoms with Crippen molar-refractivity contribution in [2.75, 3.05) is 6.54 Å². The topological polar surface area (TPSA) is 67.8 Å². The van der Waals surface area contributed by atoms with Gasteiger partial charge in [0.2, 0.25) is 0 Å². The van der Waals surface area contributed by atoms with Gasteiger partial charge in [0.25, 0.3) is 5.91 Å². The van der Waals surface area contributed by atoms with E-state index in [-0.39, 0.29) is 5.91 Å². The fourth-order valence-electron chi connectivity index (χ4n) is 1.16. The lowest BCUT2D eigenvalue weighted by Gasteiger charge is -1.97. The van der Waals surface area contributed by atoms with Gasteiger partial charge in [0.1, 0.15) is 16.4 Å². The molecule has 86 valence electrons. The van der Waals surface area contributed by atoms with Crippen molar-refractivity contribution in [1.82, 2.24) is 20.3 Å². The van der Waals surface area contributed by atoms with Crippen molar-refractivity contribution < 1.29 is 4.79 Å². The standard InChI is InChI=1S/C11H10N4OS/c1-2-3-14-10(16)9-7-17-11(15-9)8-6-12-4-5-13-8/h2,4-7H,1,3H2,(H,14,16). The van der Waals surface area contributed by atoms with Crippen LogP contribution in [0.5, 0.6) is 0 Å². The third-order valence-corrected chi connectivity index (χ3v) is 2.79. The Hall–Kier alpha value is -2.08. The summed E-state index contributed by atoms with van der Waals surface area (Å²) in [6.45, 7) is 3.96. The zero-order valence-corrected chi connectivity index (χ0v) is 9.78. The van der Waals surface area contributed by atoms with Gasteiger partial charge in [0.05, 0.1) is 6.20 Å². The van der Waals surface area contributed by atoms with Gasteiger partial charge < -0.3 is 5.32 Å². The maximum Gasteiger partial charge on any atom is 0.271 e. The van der Waals surface area contributed by atoms with Gasteiger partial charge in [0, 0.05) is 24.3 Å². The van der Waals surface area contributed by atoms with Gasteiger partial charge >= 0.3 is 0 Å². The Bertz CT molecular complexity index is 523. The lowest BCUT2D eigenvalue weighted by atomic mass is 10.4. The smallest absolute Gasteiger partial charge is 0.271 e. The first-order chi connectivity index (χ1) is 8.31. The quantitative estimate of drug-likeness (QED) is 0.830. The van der Waals surface area contributed by atoms with Gasteiger partial charge in [-0.05, 0) is 0 Å². The molecule has 0 saturated carbocycles. The van der Waals surface area contributed by atoms with Crippen LogP contribution in [0.25, 0.3) is 10.7 Å². The molecule has 0 spiro atoms. The number of hydrogen-bond acceptors (Lipinski definition) is 5. The Morgan fingerprint density at radius 2 is 2.41 bits per heavy atom. The van der Waals surface area contributed by atoms with Crippen molar-refractivity contribution in [1.29, 1.82) is 0 Å². The molecule has 17 heavy (non-hydrogen) atoms. The lowest BCUT2D eigenvalue weighted by molar-refractivity contribution is 0.0954. The van der Waals surface area contributed by atoms with E-state index in [4.69, 9.17) is 0 Å². The zero-order chi connectivity index (χ0) is 12.1. The van der Waals surface area contributed by atoms with E-state index < -0.39 is 0 Å². The third kappa shape index (κ3) is 2.73. The van der Waals surface area contributed by atoms with Gasteiger partial charge in [-0.25, -0.2) is 4.98 Å². The predicted octanol–water partition coefficient (Wildman–Crippen LogP) is 1.52. The molecular formula is C11H10N4OS. The minimum Gasteiger partial charge on any atom is -0.347 e. The summed E-state index contributed by atoms with van der Waals surface area (Å²) in [5.41, 5.74) is 1.05. The summed E-state index contributed by atoms with van der Waals surface area (Å²) in [4.78, 5) is 23.9. The van der Waals surface area contributed by atoms with Crippen molar-refractivity contribution in [2.45, 2.75) is 0 Å². The third-order valence-electron chi connectivity index (χ3n) is 1.93. The van der Waals surface area contributed by atoms with Crippen molar-refractivity contribution in [3.63, 3.8) is 0 Å². The SMILES string of the molecule is C=CCNC(=O)c1csc(-c2cnccn2)n1. The van der Waals surface area contributed by atoms with Crippen LogP contribution in [-0.4, -0.2) is 27.4 Å². The molecule has 2 aromatic rings. The number of thiazole rings is 1. The molecule has 0 fully saturated rings. The molecule has 5 nitrogen and oxygen atoms in total. The molecule has 0 aliphatic carbocycles. The molecule has 0 radical (unpaired) electrons. The average molecular weight is 246 g/mol. The van der Waals surface area contributed by atoms with Crippen LogP contribution in [0.3, 0.4) is 0 Å². The second kappa shape index (κ2) is 5.31. The summed E-state index contributed by atoms with van der Waals surface area (Å²) in [5, 5.41) is 5.04. The highest BCUT2D eigenvalue weighted by Crippen LogP contribution is 2.20. The van der Waals surface area contributed by atoms with Crippen LogP contribution in [0, 0.1) is 0 Å². The van der Waals surface area contributed by atoms with Crippen LogP contribution in [-0.2, 0) is 0 Å². The maximum atomic E-state index is 11.6. The minimum atomic E-state index is -0.212. The van der Waals surface area contributed by atoms with Crippen LogP contribution in [0.15, 0.2) is 36.6 Å². The highest BCUT2D eigenvalue weighted by atomic mass is 32.1. The lowest BCUT2D eigenvalue weighted by Crippen LogP contribution is -2.23. The van der Waals surface area contributed by atoms with Gasteiger partial charge in [-0.1, -0.05) is 6.08 Å². The molecule has 6 heteroatoms. The number of carbonyl (C=O) groups is 1. The Morgan fingerprint density at radius 1 is 1.53 bits per heavy atom. The van der Waals surface area contributed by atoms with Crippen molar-refractivity contribution in [3.05, 3.63) is 42.3 Å². The molecule has 1 amide bonds. The fourth-order valence-corrected chi connectivity index (χ4v) is 1.92. The molecule has 0 saturated heterocycles. The van der Waals surface area contributed by atoms with Crippen molar-refractivity contribution in [3.8, 4) is 10.7 Å². The highest BCUT2D eigenvalue weighted by molar-refractivity contribution is 7.13. The molecule has 2 aromatic heterocycles. The summed E-state index contributed by atoms with van der Waals surface area (Å²) >= 11 is 1.36. The predicted molar refractivity (Wildman–Crippen MR) is 65.7 cm³/mol. The highest BCUT2D eigenvalue weighted by Gasteiger charge is 2.11. The second-order valence-electron chi connectivity index (χ2n) is 3.13. The first-order valence-corrected chi connectivity index (χ1v) is 5.80. The van der Waals surface area contributed by atoms with E-state index in [2.05, 4.69) is 26.8 Å². The molecule has 0 atom stereocenters. The largest absolute Gasteiger partial charge is 0.347 e. The van der Waals surface area contributed by atoms with Crippen molar-refractivity contribution in [2.24, 2.45) is 0 Å². The summed E-state index contributed by atoms with van der Waals surface area (Å²) in [6, 6.07) is 0. The van der Waals surface area contributed by atoms with E-state index in [0.29, 0.717) is 22.9 Å². The summed E-state index contributed by atoms with van der Waals surface area (Å²) in [6.07, 6.45) is 6.42. The zero-order valence-electron chi connectivity index (χ0n) is 8.96. The van der Waals surface area contributed by atoms with E-state index >= 15 is 0 Å². The molecule has 2 heterocycles. The van der Waals surface area contributed by atoms with E-state index in [0.717, 1.165) is 0 Å². The Labute approximate surface area is 102 Å². The monoisotopic (exact) mass is 246 g/mol. The molecule has 0 aliphatic heterocycles. The molecule has 0 bridgehead atoms. The molecular weight excluding hydrogens is 236 g/mol. The molecule has 0 aliphatic rings. The van der Waals surface area contributed by atoms with Crippen molar-refractivity contribution >= 4 is 17.2 Å².